The van der Waals surface area contributed by atoms with Gasteiger partial charge in [0.1, 0.15) is 0 Å². The van der Waals surface area contributed by atoms with Gasteiger partial charge in [0.15, 0.2) is 0 Å². The third kappa shape index (κ3) is 0.980. The van der Waals surface area contributed by atoms with Crippen LogP contribution >= 0.6 is 0 Å². The van der Waals surface area contributed by atoms with E-state index in [0.717, 1.165) is 13.1 Å². The lowest BCUT2D eigenvalue weighted by atomic mass is 10.4. The standard InChI is InChI=1S/C5H10N2O/c1-2-7-4-3-5(8)6-7/h2-4H2,1H3,(H,6,8). The molecule has 8 heavy (non-hydrogen) atoms. The van der Waals surface area contributed by atoms with Gasteiger partial charge in [-0.1, -0.05) is 6.92 Å². The second kappa shape index (κ2) is 2.13. The van der Waals surface area contributed by atoms with Crippen LogP contribution in [0, 0.1) is 0 Å². The molecule has 0 atom stereocenters. The Kier molecular flexibility index (Phi) is 1.48. The van der Waals surface area contributed by atoms with Crippen molar-refractivity contribution >= 4 is 5.91 Å². The Labute approximate surface area is 48.6 Å². The molecule has 1 fully saturated rings. The Balaban J connectivity index is 2.32. The van der Waals surface area contributed by atoms with Crippen LogP contribution in [0.15, 0.2) is 0 Å². The van der Waals surface area contributed by atoms with Gasteiger partial charge in [0, 0.05) is 19.5 Å². The van der Waals surface area contributed by atoms with E-state index in [2.05, 4.69) is 5.43 Å². The molecule has 3 nitrogen and oxygen atoms in total. The second-order valence-electron chi connectivity index (χ2n) is 1.86. The number of nitrogens with zero attached hydrogens (tertiary/aromatic N) is 1. The van der Waals surface area contributed by atoms with Crippen molar-refractivity contribution in [2.24, 2.45) is 0 Å². The highest BCUT2D eigenvalue weighted by Crippen LogP contribution is 1.94. The summed E-state index contributed by atoms with van der Waals surface area (Å²) in [4.78, 5) is 10.5. The van der Waals surface area contributed by atoms with Crippen LogP contribution in [0.2, 0.25) is 0 Å². The van der Waals surface area contributed by atoms with Crippen LogP contribution in [0.4, 0.5) is 0 Å². The summed E-state index contributed by atoms with van der Waals surface area (Å²) in [6, 6.07) is 0. The van der Waals surface area contributed by atoms with Gasteiger partial charge < -0.3 is 0 Å². The molecule has 0 radical (unpaired) electrons. The molecule has 0 saturated carbocycles. The molecule has 0 unspecified atom stereocenters. The van der Waals surface area contributed by atoms with Gasteiger partial charge in [0.25, 0.3) is 0 Å². The highest BCUT2D eigenvalue weighted by molar-refractivity contribution is 5.77. The van der Waals surface area contributed by atoms with E-state index >= 15 is 0 Å². The van der Waals surface area contributed by atoms with Crippen LogP contribution in [0.1, 0.15) is 13.3 Å². The van der Waals surface area contributed by atoms with E-state index in [4.69, 9.17) is 0 Å². The Morgan fingerprint density at radius 2 is 2.62 bits per heavy atom. The topological polar surface area (TPSA) is 32.3 Å². The molecular formula is C5H10N2O. The molecule has 0 aromatic rings. The molecule has 0 aromatic carbocycles. The first kappa shape index (κ1) is 5.56. The first-order chi connectivity index (χ1) is 3.83. The average Bonchev–Trinajstić information content (AvgIpc) is 2.14. The van der Waals surface area contributed by atoms with Crippen molar-refractivity contribution in [1.29, 1.82) is 0 Å². The lowest BCUT2D eigenvalue weighted by molar-refractivity contribution is -0.120. The number of hydrogen-bond donors (Lipinski definition) is 1. The van der Waals surface area contributed by atoms with Crippen molar-refractivity contribution in [2.45, 2.75) is 13.3 Å². The van der Waals surface area contributed by atoms with Gasteiger partial charge in [-0.3, -0.25) is 10.2 Å². The quantitative estimate of drug-likeness (QED) is 0.509. The normalized spacial score (nSPS) is 21.4. The molecule has 1 rings (SSSR count). The van der Waals surface area contributed by atoms with E-state index in [1.54, 1.807) is 0 Å². The maximum atomic E-state index is 10.5. The van der Waals surface area contributed by atoms with Crippen LogP contribution in [0.5, 0.6) is 0 Å². The van der Waals surface area contributed by atoms with Crippen molar-refractivity contribution in [2.75, 3.05) is 13.1 Å². The number of amides is 1. The van der Waals surface area contributed by atoms with Gasteiger partial charge in [-0.25, -0.2) is 5.01 Å². The van der Waals surface area contributed by atoms with Crippen molar-refractivity contribution < 1.29 is 4.79 Å². The summed E-state index contributed by atoms with van der Waals surface area (Å²) < 4.78 is 0. The number of hydrazine groups is 1. The number of carbonyl (C=O) groups is 1. The minimum absolute atomic E-state index is 0.145. The summed E-state index contributed by atoms with van der Waals surface area (Å²) in [7, 11) is 0. The second-order valence-corrected chi connectivity index (χ2v) is 1.86. The zero-order chi connectivity index (χ0) is 5.98. The zero-order valence-electron chi connectivity index (χ0n) is 4.98. The van der Waals surface area contributed by atoms with Crippen molar-refractivity contribution in [3.63, 3.8) is 0 Å². The molecule has 1 amide bonds. The van der Waals surface area contributed by atoms with Gasteiger partial charge in [-0.05, 0) is 0 Å². The Morgan fingerprint density at radius 1 is 1.88 bits per heavy atom. The molecule has 0 aromatic heterocycles. The fraction of sp³-hybridized carbons (Fsp3) is 0.800. The first-order valence-electron chi connectivity index (χ1n) is 2.87. The van der Waals surface area contributed by atoms with E-state index in [1.807, 2.05) is 11.9 Å². The van der Waals surface area contributed by atoms with Crippen molar-refractivity contribution in [3.8, 4) is 0 Å². The highest BCUT2D eigenvalue weighted by atomic mass is 16.2. The number of hydrogen-bond acceptors (Lipinski definition) is 2. The SMILES string of the molecule is CCN1CCC(=O)N1. The van der Waals surface area contributed by atoms with Crippen LogP contribution in [0.3, 0.4) is 0 Å². The molecular weight excluding hydrogens is 104 g/mol. The summed E-state index contributed by atoms with van der Waals surface area (Å²) in [5.41, 5.74) is 2.70. The third-order valence-electron chi connectivity index (χ3n) is 1.27. The Morgan fingerprint density at radius 3 is 2.88 bits per heavy atom. The molecule has 1 N–H and O–H groups in total. The van der Waals surface area contributed by atoms with Crippen molar-refractivity contribution in [3.05, 3.63) is 0 Å². The highest BCUT2D eigenvalue weighted by Gasteiger charge is 2.14. The summed E-state index contributed by atoms with van der Waals surface area (Å²) in [6.45, 7) is 3.80. The summed E-state index contributed by atoms with van der Waals surface area (Å²) in [5, 5.41) is 1.91. The fourth-order valence-corrected chi connectivity index (χ4v) is 0.762. The molecule has 0 aliphatic carbocycles. The Hall–Kier alpha value is -0.570. The molecule has 1 heterocycles. The van der Waals surface area contributed by atoms with Gasteiger partial charge in [0.05, 0.1) is 0 Å². The monoisotopic (exact) mass is 114 g/mol. The van der Waals surface area contributed by atoms with E-state index in [0.29, 0.717) is 6.42 Å². The minimum atomic E-state index is 0.145. The molecule has 1 aliphatic heterocycles. The molecule has 46 valence electrons. The average molecular weight is 114 g/mol. The summed E-state index contributed by atoms with van der Waals surface area (Å²) in [5.74, 6) is 0.145. The number of rotatable bonds is 1. The van der Waals surface area contributed by atoms with Gasteiger partial charge in [-0.15, -0.1) is 0 Å². The van der Waals surface area contributed by atoms with E-state index in [9.17, 15) is 4.79 Å². The van der Waals surface area contributed by atoms with E-state index < -0.39 is 0 Å². The summed E-state index contributed by atoms with van der Waals surface area (Å²) >= 11 is 0. The van der Waals surface area contributed by atoms with Crippen LogP contribution in [-0.2, 0) is 4.79 Å². The predicted octanol–water partition coefficient (Wildman–Crippen LogP) is -0.257. The molecule has 0 bridgehead atoms. The van der Waals surface area contributed by atoms with Crippen LogP contribution < -0.4 is 5.43 Å². The fourth-order valence-electron chi connectivity index (χ4n) is 0.762. The smallest absolute Gasteiger partial charge is 0.235 e. The van der Waals surface area contributed by atoms with E-state index in [1.165, 1.54) is 0 Å². The minimum Gasteiger partial charge on any atom is -0.289 e. The Bertz CT molecular complexity index is 103. The largest absolute Gasteiger partial charge is 0.289 e. The van der Waals surface area contributed by atoms with Crippen LogP contribution in [0.25, 0.3) is 0 Å². The van der Waals surface area contributed by atoms with Gasteiger partial charge in [-0.2, -0.15) is 0 Å². The van der Waals surface area contributed by atoms with Crippen LogP contribution in [-0.4, -0.2) is 24.0 Å². The maximum absolute atomic E-state index is 10.5. The number of nitrogens with one attached hydrogen (secondary N) is 1. The molecule has 3 heteroatoms. The number of carbonyl (C=O) groups excluding carboxylic acids is 1. The van der Waals surface area contributed by atoms with Gasteiger partial charge >= 0.3 is 0 Å². The zero-order valence-corrected chi connectivity index (χ0v) is 4.98. The lowest BCUT2D eigenvalue weighted by Gasteiger charge is -2.09. The summed E-state index contributed by atoms with van der Waals surface area (Å²) in [6.07, 6.45) is 0.661. The molecule has 0 spiro atoms. The first-order valence-corrected chi connectivity index (χ1v) is 2.87. The third-order valence-corrected chi connectivity index (χ3v) is 1.27. The predicted molar refractivity (Wildman–Crippen MR) is 30.0 cm³/mol. The maximum Gasteiger partial charge on any atom is 0.235 e. The van der Waals surface area contributed by atoms with E-state index in [-0.39, 0.29) is 5.91 Å². The molecule has 1 saturated heterocycles. The van der Waals surface area contributed by atoms with Crippen molar-refractivity contribution in [1.82, 2.24) is 10.4 Å². The molecule has 1 aliphatic rings. The van der Waals surface area contributed by atoms with Gasteiger partial charge in [0.2, 0.25) is 5.91 Å². The lowest BCUT2D eigenvalue weighted by Crippen LogP contribution is -2.32.